The topological polar surface area (TPSA) is 152 Å². The van der Waals surface area contributed by atoms with Crippen molar-refractivity contribution in [2.45, 2.75) is 64.6 Å². The summed E-state index contributed by atoms with van der Waals surface area (Å²) in [5.41, 5.74) is 8.87. The van der Waals surface area contributed by atoms with Gasteiger partial charge in [0.15, 0.2) is 17.4 Å². The second kappa shape index (κ2) is 13.6. The van der Waals surface area contributed by atoms with E-state index in [1.165, 1.54) is 0 Å². The number of ether oxygens (including phenoxy) is 2. The molecule has 3 atom stereocenters. The van der Waals surface area contributed by atoms with Crippen molar-refractivity contribution in [2.75, 3.05) is 31.3 Å². The van der Waals surface area contributed by atoms with Crippen LogP contribution in [-0.2, 0) is 29.2 Å². The second-order valence-electron chi connectivity index (χ2n) is 11.2. The van der Waals surface area contributed by atoms with E-state index < -0.39 is 23.8 Å². The molecule has 1 aromatic heterocycles. The number of aliphatic hydroxyl groups is 1. The number of unbranched alkanes of at least 4 members (excludes halogenated alkanes) is 1. The first-order valence-corrected chi connectivity index (χ1v) is 14.8. The molecule has 1 amide bonds. The fraction of sp³-hybridized carbons (Fsp3) is 0.469. The number of rotatable bonds is 13. The Morgan fingerprint density at radius 2 is 2.05 bits per heavy atom. The lowest BCUT2D eigenvalue weighted by Gasteiger charge is -2.30. The Kier molecular flexibility index (Phi) is 9.64. The first-order chi connectivity index (χ1) is 20.8. The highest BCUT2D eigenvalue weighted by molar-refractivity contribution is 5.95. The number of carbonyl (C=O) groups is 2. The Morgan fingerprint density at radius 3 is 2.74 bits per heavy atom. The molecular weight excluding hydrogens is 552 g/mol. The number of fused-ring (bicyclic) bond motifs is 1. The van der Waals surface area contributed by atoms with E-state index in [1.54, 1.807) is 23.2 Å². The third-order valence-corrected chi connectivity index (χ3v) is 8.36. The number of oxazole rings is 1. The monoisotopic (exact) mass is 592 g/mol. The van der Waals surface area contributed by atoms with E-state index in [4.69, 9.17) is 19.6 Å². The Bertz CT molecular complexity index is 1440. The number of aromatic nitrogens is 1. The summed E-state index contributed by atoms with van der Waals surface area (Å²) in [5, 5.41) is 20.6. The summed E-state index contributed by atoms with van der Waals surface area (Å²) in [6.07, 6.45) is 4.26. The van der Waals surface area contributed by atoms with Crippen molar-refractivity contribution in [2.24, 2.45) is 11.7 Å². The smallest absolute Gasteiger partial charge is 0.308 e. The number of aryl methyl sites for hydroxylation is 2. The zero-order valence-electron chi connectivity index (χ0n) is 24.7. The van der Waals surface area contributed by atoms with Gasteiger partial charge in [0.2, 0.25) is 12.7 Å². The molecule has 0 aliphatic carbocycles. The molecule has 0 radical (unpaired) electrons. The van der Waals surface area contributed by atoms with Gasteiger partial charge >= 0.3 is 5.97 Å². The lowest BCUT2D eigenvalue weighted by molar-refractivity contribution is -0.143. The Morgan fingerprint density at radius 1 is 1.21 bits per heavy atom. The number of aliphatic hydroxyl groups excluding tert-OH is 1. The van der Waals surface area contributed by atoms with E-state index in [0.29, 0.717) is 61.2 Å². The van der Waals surface area contributed by atoms with Crippen molar-refractivity contribution in [1.29, 1.82) is 0 Å². The molecule has 2 aromatic carbocycles. The molecule has 0 spiro atoms. The normalized spacial score (nSPS) is 19.6. The second-order valence-corrected chi connectivity index (χ2v) is 11.2. The average molecular weight is 593 g/mol. The number of benzene rings is 2. The van der Waals surface area contributed by atoms with E-state index in [9.17, 15) is 19.8 Å². The maximum absolute atomic E-state index is 14.0. The lowest BCUT2D eigenvalue weighted by atomic mass is 9.83. The minimum atomic E-state index is -0.949. The molecule has 0 saturated carbocycles. The summed E-state index contributed by atoms with van der Waals surface area (Å²) in [7, 11) is 0. The summed E-state index contributed by atoms with van der Waals surface area (Å²) >= 11 is 0. The number of amides is 1. The van der Waals surface area contributed by atoms with Crippen LogP contribution >= 0.6 is 0 Å². The van der Waals surface area contributed by atoms with Gasteiger partial charge in [-0.1, -0.05) is 25.5 Å². The summed E-state index contributed by atoms with van der Waals surface area (Å²) in [5.74, 6) is -0.148. The molecule has 1 saturated heterocycles. The maximum atomic E-state index is 14.0. The van der Waals surface area contributed by atoms with E-state index in [0.717, 1.165) is 29.7 Å². The number of carboxylic acid groups (broad SMARTS) is 1. The maximum Gasteiger partial charge on any atom is 0.308 e. The first-order valence-electron chi connectivity index (χ1n) is 14.8. The molecule has 2 aliphatic rings. The van der Waals surface area contributed by atoms with Crippen LogP contribution in [0.5, 0.6) is 11.5 Å². The van der Waals surface area contributed by atoms with Crippen LogP contribution < -0.4 is 20.1 Å². The van der Waals surface area contributed by atoms with Gasteiger partial charge in [-0.3, -0.25) is 14.5 Å². The number of carboxylic acids is 1. The summed E-state index contributed by atoms with van der Waals surface area (Å²) in [4.78, 5) is 35.0. The molecule has 230 valence electrons. The van der Waals surface area contributed by atoms with Gasteiger partial charge in [-0.25, -0.2) is 4.98 Å². The van der Waals surface area contributed by atoms with Gasteiger partial charge in [-0.2, -0.15) is 0 Å². The molecule has 0 unspecified atom stereocenters. The van der Waals surface area contributed by atoms with Gasteiger partial charge in [0.05, 0.1) is 25.3 Å². The summed E-state index contributed by atoms with van der Waals surface area (Å²) in [6.45, 7) is 4.96. The van der Waals surface area contributed by atoms with Crippen LogP contribution in [0.15, 0.2) is 47.0 Å². The molecular formula is C32H40N4O7. The van der Waals surface area contributed by atoms with Gasteiger partial charge in [0, 0.05) is 49.3 Å². The third kappa shape index (κ3) is 6.69. The number of hydrogen-bond donors (Lipinski definition) is 3. The van der Waals surface area contributed by atoms with Crippen LogP contribution in [0.1, 0.15) is 60.4 Å². The minimum absolute atomic E-state index is 0.0383. The van der Waals surface area contributed by atoms with E-state index in [2.05, 4.69) is 11.9 Å². The van der Waals surface area contributed by atoms with E-state index in [-0.39, 0.29) is 25.9 Å². The zero-order valence-corrected chi connectivity index (χ0v) is 24.7. The number of nitrogens with two attached hydrogens (primary N) is 1. The van der Waals surface area contributed by atoms with Crippen LogP contribution in [0.3, 0.4) is 0 Å². The molecule has 4 N–H and O–H groups in total. The number of carbonyl (C=O) groups excluding carboxylic acids is 1. The highest BCUT2D eigenvalue weighted by Crippen LogP contribution is 2.44. The molecule has 11 nitrogen and oxygen atoms in total. The van der Waals surface area contributed by atoms with Crippen molar-refractivity contribution >= 4 is 17.6 Å². The summed E-state index contributed by atoms with van der Waals surface area (Å²) < 4.78 is 16.8. The van der Waals surface area contributed by atoms with Gasteiger partial charge < -0.3 is 34.7 Å². The van der Waals surface area contributed by atoms with Crippen molar-refractivity contribution < 1.29 is 33.7 Å². The first kappa shape index (κ1) is 30.5. The fourth-order valence-corrected chi connectivity index (χ4v) is 6.24. The molecule has 1 fully saturated rings. The number of hydrogen-bond acceptors (Lipinski definition) is 9. The van der Waals surface area contributed by atoms with Crippen molar-refractivity contribution in [1.82, 2.24) is 9.88 Å². The Hall–Kier alpha value is -3.93. The highest BCUT2D eigenvalue weighted by Gasteiger charge is 2.47. The highest BCUT2D eigenvalue weighted by atomic mass is 16.7. The molecule has 11 heteroatoms. The van der Waals surface area contributed by atoms with Gasteiger partial charge in [0.25, 0.3) is 0 Å². The predicted molar refractivity (Wildman–Crippen MR) is 159 cm³/mol. The van der Waals surface area contributed by atoms with E-state index in [1.807, 2.05) is 36.1 Å². The summed E-state index contributed by atoms with van der Waals surface area (Å²) in [6, 6.07) is 10.8. The number of aliphatic carboxylic acids is 1. The fourth-order valence-electron chi connectivity index (χ4n) is 6.24. The van der Waals surface area contributed by atoms with Gasteiger partial charge in [-0.05, 0) is 55.2 Å². The van der Waals surface area contributed by atoms with E-state index >= 15 is 0 Å². The van der Waals surface area contributed by atoms with Crippen LogP contribution in [0, 0.1) is 12.8 Å². The molecule has 2 aliphatic heterocycles. The molecule has 43 heavy (non-hydrogen) atoms. The largest absolute Gasteiger partial charge is 0.481 e. The minimum Gasteiger partial charge on any atom is -0.481 e. The van der Waals surface area contributed by atoms with Gasteiger partial charge in [0.1, 0.15) is 5.76 Å². The SMILES string of the molecule is CCCCN(C(=O)CN1C[C@H](c2cc(CO)c3c(c2)OCO3)[C@@H](C(=O)O)[C@@H]1CCc1ncc(C)o1)c1cccc(CN)c1. The molecule has 0 bridgehead atoms. The van der Waals surface area contributed by atoms with Crippen molar-refractivity contribution in [3.63, 3.8) is 0 Å². The van der Waals surface area contributed by atoms with Crippen LogP contribution in [0.2, 0.25) is 0 Å². The Labute approximate surface area is 251 Å². The van der Waals surface area contributed by atoms with Crippen molar-refractivity contribution in [3.8, 4) is 11.5 Å². The predicted octanol–water partition coefficient (Wildman–Crippen LogP) is 3.60. The van der Waals surface area contributed by atoms with Crippen LogP contribution in [0.25, 0.3) is 0 Å². The van der Waals surface area contributed by atoms with Gasteiger partial charge in [-0.15, -0.1) is 0 Å². The van der Waals surface area contributed by atoms with Crippen LogP contribution in [-0.4, -0.2) is 64.4 Å². The van der Waals surface area contributed by atoms with Crippen molar-refractivity contribution in [3.05, 3.63) is 70.9 Å². The number of anilines is 1. The molecule has 5 rings (SSSR count). The molecule has 3 aromatic rings. The lowest BCUT2D eigenvalue weighted by Crippen LogP contribution is -2.44. The quantitative estimate of drug-likeness (QED) is 0.268. The molecule has 3 heterocycles. The van der Waals surface area contributed by atoms with Crippen LogP contribution in [0.4, 0.5) is 5.69 Å². The third-order valence-electron chi connectivity index (χ3n) is 8.36. The average Bonchev–Trinajstić information content (AvgIpc) is 3.74. The standard InChI is InChI=1S/C32H40N4O7/c1-3-4-10-36(24-7-5-6-21(11-24)14-33)29(38)17-35-16-25(22-12-23(18-37)31-27(13-22)41-19-42-31)30(32(39)40)26(35)8-9-28-34-15-20(2)43-28/h5-7,11-13,15,25-26,30,37H,3-4,8-10,14,16-19,33H2,1-2H3,(H,39,40)/t25-,26+,30-/m1/s1. The zero-order chi connectivity index (χ0) is 30.5. The number of likely N-dealkylation sites (tertiary alicyclic amines) is 1. The Balaban J connectivity index is 1.47. The number of nitrogens with zero attached hydrogens (tertiary/aromatic N) is 3.